The number of ether oxygens (including phenoxy) is 1. The molecule has 2 aliphatic heterocycles. The Hall–Kier alpha value is -2.09. The number of likely N-dealkylation sites (N-methyl/N-ethyl adjacent to an activating group) is 1. The average Bonchev–Trinajstić information content (AvgIpc) is 3.25. The molecule has 2 aromatic carbocycles. The first-order chi connectivity index (χ1) is 14.1. The number of benzene rings is 2. The second-order valence-corrected chi connectivity index (χ2v) is 8.73. The highest BCUT2D eigenvalue weighted by Crippen LogP contribution is 2.51. The number of thioether (sulfide) groups is 2. The minimum Gasteiger partial charge on any atom is -0.497 e. The average molecular weight is 446 g/mol. The van der Waals surface area contributed by atoms with Gasteiger partial charge in [-0.05, 0) is 49.9 Å². The van der Waals surface area contributed by atoms with Crippen molar-refractivity contribution in [3.8, 4) is 5.75 Å². The van der Waals surface area contributed by atoms with Gasteiger partial charge in [0.15, 0.2) is 5.17 Å². The predicted octanol–water partition coefficient (Wildman–Crippen LogP) is 5.73. The Morgan fingerprint density at radius 1 is 1.07 bits per heavy atom. The fourth-order valence-corrected chi connectivity index (χ4v) is 5.82. The first-order valence-corrected chi connectivity index (χ1v) is 11.3. The van der Waals surface area contributed by atoms with E-state index in [1.807, 2.05) is 43.3 Å². The molecule has 29 heavy (non-hydrogen) atoms. The van der Waals surface area contributed by atoms with Crippen LogP contribution in [0.5, 0.6) is 5.75 Å². The predicted molar refractivity (Wildman–Crippen MR) is 122 cm³/mol. The molecule has 2 heterocycles. The maximum atomic E-state index is 13.2. The SMILES string of the molecule is CCN1C(=O)C(=C2Sc3ccc(OC)cc3N2CC)SC1=Nc1ccccc1Cl. The molecule has 4 rings (SSSR count). The molecule has 0 bridgehead atoms. The number of carbonyl (C=O) groups excluding carboxylic acids is 1. The van der Waals surface area contributed by atoms with Gasteiger partial charge in [0.05, 0.1) is 23.5 Å². The molecule has 0 spiro atoms. The van der Waals surface area contributed by atoms with Gasteiger partial charge in [0.2, 0.25) is 0 Å². The fourth-order valence-electron chi connectivity index (χ4n) is 3.22. The molecule has 150 valence electrons. The summed E-state index contributed by atoms with van der Waals surface area (Å²) in [5, 5.41) is 2.15. The second-order valence-electron chi connectivity index (χ2n) is 6.31. The molecule has 0 unspecified atom stereocenters. The maximum Gasteiger partial charge on any atom is 0.269 e. The molecule has 0 aliphatic carbocycles. The van der Waals surface area contributed by atoms with Crippen molar-refractivity contribution in [3.05, 3.63) is 57.4 Å². The van der Waals surface area contributed by atoms with Gasteiger partial charge in [0.1, 0.15) is 15.7 Å². The summed E-state index contributed by atoms with van der Waals surface area (Å²) in [6.45, 7) is 5.33. The van der Waals surface area contributed by atoms with Gasteiger partial charge in [-0.1, -0.05) is 35.5 Å². The molecular weight excluding hydrogens is 426 g/mol. The van der Waals surface area contributed by atoms with Crippen LogP contribution in [0.2, 0.25) is 5.02 Å². The summed E-state index contributed by atoms with van der Waals surface area (Å²) in [7, 11) is 1.66. The maximum absolute atomic E-state index is 13.2. The van der Waals surface area contributed by atoms with E-state index < -0.39 is 0 Å². The van der Waals surface area contributed by atoms with Crippen LogP contribution < -0.4 is 9.64 Å². The summed E-state index contributed by atoms with van der Waals surface area (Å²) in [6, 6.07) is 13.4. The lowest BCUT2D eigenvalue weighted by Gasteiger charge is -2.19. The number of nitrogens with zero attached hydrogens (tertiary/aromatic N) is 3. The summed E-state index contributed by atoms with van der Waals surface area (Å²) in [6.07, 6.45) is 0. The van der Waals surface area contributed by atoms with Crippen LogP contribution >= 0.6 is 35.1 Å². The van der Waals surface area contributed by atoms with Gasteiger partial charge >= 0.3 is 0 Å². The molecular formula is C21H20ClN3O2S2. The highest BCUT2D eigenvalue weighted by molar-refractivity contribution is 8.19. The zero-order valence-electron chi connectivity index (χ0n) is 16.3. The Labute approximate surface area is 183 Å². The lowest BCUT2D eigenvalue weighted by atomic mass is 10.2. The van der Waals surface area contributed by atoms with Crippen LogP contribution in [0.4, 0.5) is 11.4 Å². The molecule has 1 saturated heterocycles. The minimum absolute atomic E-state index is 0.0241. The van der Waals surface area contributed by atoms with E-state index in [1.54, 1.807) is 29.8 Å². The highest BCUT2D eigenvalue weighted by Gasteiger charge is 2.39. The highest BCUT2D eigenvalue weighted by atomic mass is 35.5. The van der Waals surface area contributed by atoms with E-state index in [2.05, 4.69) is 16.8 Å². The number of halogens is 1. The van der Waals surface area contributed by atoms with E-state index in [4.69, 9.17) is 16.3 Å². The summed E-state index contributed by atoms with van der Waals surface area (Å²) >= 11 is 9.29. The quantitative estimate of drug-likeness (QED) is 0.562. The smallest absolute Gasteiger partial charge is 0.269 e. The van der Waals surface area contributed by atoms with Gasteiger partial charge in [0, 0.05) is 24.1 Å². The number of para-hydroxylation sites is 1. The standard InChI is InChI=1S/C21H20ClN3O2S2/c1-4-24-16-12-13(27-3)10-11-17(16)28-20(24)18-19(26)25(5-2)21(29-18)23-15-9-7-6-8-14(15)22/h6-12H,4-5H2,1-3H3. The summed E-state index contributed by atoms with van der Waals surface area (Å²) in [5.41, 5.74) is 1.72. The topological polar surface area (TPSA) is 45.1 Å². The van der Waals surface area contributed by atoms with E-state index in [9.17, 15) is 4.79 Å². The molecule has 2 aliphatic rings. The molecule has 1 amide bonds. The third-order valence-electron chi connectivity index (χ3n) is 4.67. The number of hydrogen-bond donors (Lipinski definition) is 0. The fraction of sp³-hybridized carbons (Fsp3) is 0.238. The second kappa shape index (κ2) is 8.34. The van der Waals surface area contributed by atoms with Gasteiger partial charge in [-0.15, -0.1) is 0 Å². The molecule has 1 fully saturated rings. The Kier molecular flexibility index (Phi) is 5.81. The van der Waals surface area contributed by atoms with Crippen molar-refractivity contribution in [1.82, 2.24) is 4.90 Å². The van der Waals surface area contributed by atoms with Gasteiger partial charge < -0.3 is 9.64 Å². The van der Waals surface area contributed by atoms with Crippen molar-refractivity contribution in [2.45, 2.75) is 18.7 Å². The van der Waals surface area contributed by atoms with Gasteiger partial charge in [-0.25, -0.2) is 4.99 Å². The lowest BCUT2D eigenvalue weighted by Crippen LogP contribution is -2.29. The van der Waals surface area contributed by atoms with Crippen molar-refractivity contribution >= 4 is 57.6 Å². The normalized spacial score (nSPS) is 20.0. The number of aliphatic imine (C=N–C) groups is 1. The molecule has 0 saturated carbocycles. The van der Waals surface area contributed by atoms with Crippen LogP contribution in [-0.2, 0) is 4.79 Å². The number of anilines is 1. The summed E-state index contributed by atoms with van der Waals surface area (Å²) in [5.74, 6) is 0.777. The molecule has 0 aromatic heterocycles. The molecule has 0 radical (unpaired) electrons. The van der Waals surface area contributed by atoms with Crippen molar-refractivity contribution in [2.75, 3.05) is 25.1 Å². The van der Waals surface area contributed by atoms with Crippen molar-refractivity contribution < 1.29 is 9.53 Å². The van der Waals surface area contributed by atoms with Crippen LogP contribution in [-0.4, -0.2) is 36.2 Å². The zero-order chi connectivity index (χ0) is 20.5. The third kappa shape index (κ3) is 3.63. The van der Waals surface area contributed by atoms with Crippen LogP contribution in [0.1, 0.15) is 13.8 Å². The lowest BCUT2D eigenvalue weighted by molar-refractivity contribution is -0.122. The third-order valence-corrected chi connectivity index (χ3v) is 7.37. The number of amidine groups is 1. The first-order valence-electron chi connectivity index (χ1n) is 9.28. The van der Waals surface area contributed by atoms with Gasteiger partial charge in [0.25, 0.3) is 5.91 Å². The Morgan fingerprint density at radius 2 is 1.83 bits per heavy atom. The van der Waals surface area contributed by atoms with E-state index in [0.29, 0.717) is 27.3 Å². The number of hydrogen-bond acceptors (Lipinski definition) is 6. The number of fused-ring (bicyclic) bond motifs is 1. The Balaban J connectivity index is 1.76. The number of rotatable bonds is 4. The summed E-state index contributed by atoms with van der Waals surface area (Å²) in [4.78, 5) is 23.6. The van der Waals surface area contributed by atoms with E-state index in [0.717, 1.165) is 27.9 Å². The van der Waals surface area contributed by atoms with Crippen molar-refractivity contribution in [2.24, 2.45) is 4.99 Å². The number of methoxy groups -OCH3 is 1. The largest absolute Gasteiger partial charge is 0.497 e. The van der Waals surface area contributed by atoms with E-state index in [-0.39, 0.29) is 5.91 Å². The molecule has 5 nitrogen and oxygen atoms in total. The van der Waals surface area contributed by atoms with Gasteiger partial charge in [-0.3, -0.25) is 9.69 Å². The zero-order valence-corrected chi connectivity index (χ0v) is 18.7. The number of amides is 1. The monoisotopic (exact) mass is 445 g/mol. The van der Waals surface area contributed by atoms with Crippen molar-refractivity contribution in [1.29, 1.82) is 0 Å². The van der Waals surface area contributed by atoms with Gasteiger partial charge in [-0.2, -0.15) is 0 Å². The number of carbonyl (C=O) groups is 1. The van der Waals surface area contributed by atoms with Crippen LogP contribution in [0.25, 0.3) is 0 Å². The molecule has 8 heteroatoms. The summed E-state index contributed by atoms with van der Waals surface area (Å²) < 4.78 is 5.38. The van der Waals surface area contributed by atoms with Crippen molar-refractivity contribution in [3.63, 3.8) is 0 Å². The van der Waals surface area contributed by atoms with E-state index in [1.165, 1.54) is 11.8 Å². The van der Waals surface area contributed by atoms with Crippen LogP contribution in [0.3, 0.4) is 0 Å². The Bertz CT molecular complexity index is 1040. The minimum atomic E-state index is -0.0241. The van der Waals surface area contributed by atoms with Crippen LogP contribution in [0.15, 0.2) is 62.3 Å². The first kappa shape index (κ1) is 20.2. The van der Waals surface area contributed by atoms with Crippen LogP contribution in [0, 0.1) is 0 Å². The molecule has 2 aromatic rings. The van der Waals surface area contributed by atoms with E-state index >= 15 is 0 Å². The molecule has 0 N–H and O–H groups in total. The molecule has 0 atom stereocenters. The Morgan fingerprint density at radius 3 is 2.52 bits per heavy atom.